The molecule has 0 bridgehead atoms. The highest BCUT2D eigenvalue weighted by Crippen LogP contribution is 2.20. The van der Waals surface area contributed by atoms with E-state index in [2.05, 4.69) is 18.8 Å². The van der Waals surface area contributed by atoms with Crippen LogP contribution in [0, 0.1) is 5.92 Å². The first-order valence-corrected chi connectivity index (χ1v) is 5.56. The van der Waals surface area contributed by atoms with Crippen molar-refractivity contribution in [1.82, 2.24) is 0 Å². The van der Waals surface area contributed by atoms with Crippen LogP contribution in [0.2, 0.25) is 0 Å². The number of nitrogens with zero attached hydrogens (tertiary/aromatic N) is 1. The van der Waals surface area contributed by atoms with Gasteiger partial charge in [-0.15, -0.1) is 0 Å². The van der Waals surface area contributed by atoms with Gasteiger partial charge in [-0.3, -0.25) is 4.79 Å². The van der Waals surface area contributed by atoms with Crippen molar-refractivity contribution >= 4 is 11.5 Å². The number of Topliss-reactive ketones (excluding diaryl/α,β-unsaturated/α-hetero) is 1. The van der Waals surface area contributed by atoms with Crippen molar-refractivity contribution < 1.29 is 4.79 Å². The third-order valence-electron chi connectivity index (χ3n) is 2.45. The van der Waals surface area contributed by atoms with Gasteiger partial charge in [0.15, 0.2) is 0 Å². The van der Waals surface area contributed by atoms with Crippen LogP contribution in [-0.4, -0.2) is 11.5 Å². The molecule has 2 nitrogen and oxygen atoms in total. The van der Waals surface area contributed by atoms with Gasteiger partial charge in [0.05, 0.1) is 0 Å². The largest absolute Gasteiger partial charge is 0.287 e. The summed E-state index contributed by atoms with van der Waals surface area (Å²) in [6.07, 6.45) is 2.85. The lowest BCUT2D eigenvalue weighted by Crippen LogP contribution is -2.18. The molecule has 0 aromatic heterocycles. The van der Waals surface area contributed by atoms with Gasteiger partial charge in [0.25, 0.3) is 0 Å². The molecule has 0 amide bonds. The fourth-order valence-corrected chi connectivity index (χ4v) is 1.69. The van der Waals surface area contributed by atoms with Gasteiger partial charge in [-0.2, -0.15) is 0 Å². The number of carbonyl (C=O) groups excluding carboxylic acids is 1. The molecule has 0 N–H and O–H groups in total. The molecule has 1 aliphatic rings. The summed E-state index contributed by atoms with van der Waals surface area (Å²) in [6, 6.07) is 9.27. The van der Waals surface area contributed by atoms with Crippen LogP contribution in [0.4, 0.5) is 0 Å². The Morgan fingerprint density at radius 2 is 1.88 bits per heavy atom. The van der Waals surface area contributed by atoms with Crippen molar-refractivity contribution in [3.8, 4) is 0 Å². The molecular formula is C14H15NO. The molecule has 1 aromatic carbocycles. The highest BCUT2D eigenvalue weighted by molar-refractivity contribution is 6.51. The maximum absolute atomic E-state index is 11.9. The van der Waals surface area contributed by atoms with Gasteiger partial charge in [0, 0.05) is 11.3 Å². The van der Waals surface area contributed by atoms with Crippen LogP contribution >= 0.6 is 0 Å². The van der Waals surface area contributed by atoms with Crippen molar-refractivity contribution in [3.63, 3.8) is 0 Å². The van der Waals surface area contributed by atoms with E-state index in [0.29, 0.717) is 17.2 Å². The van der Waals surface area contributed by atoms with E-state index >= 15 is 0 Å². The molecule has 0 radical (unpaired) electrons. The topological polar surface area (TPSA) is 29.4 Å². The van der Waals surface area contributed by atoms with Crippen LogP contribution < -0.4 is 0 Å². The van der Waals surface area contributed by atoms with Crippen molar-refractivity contribution in [2.45, 2.75) is 20.3 Å². The van der Waals surface area contributed by atoms with E-state index in [1.54, 1.807) is 0 Å². The molecule has 2 rings (SSSR count). The van der Waals surface area contributed by atoms with Crippen molar-refractivity contribution in [1.29, 1.82) is 0 Å². The minimum Gasteiger partial charge on any atom is -0.287 e. The zero-order valence-corrected chi connectivity index (χ0v) is 9.60. The maximum atomic E-state index is 11.9. The molecular weight excluding hydrogens is 198 g/mol. The lowest BCUT2D eigenvalue weighted by molar-refractivity contribution is 0.106. The number of ketones is 1. The first kappa shape index (κ1) is 10.8. The third kappa shape index (κ3) is 2.27. The standard InChI is InChI=1S/C14H15NO/c1-10(2)8-12-9-13(15-12)14(16)11-6-4-3-5-7-11/h3-7,9-10H,8H2,1-2H3. The number of carbonyl (C=O) groups is 1. The Balaban J connectivity index is 2.01. The first-order valence-electron chi connectivity index (χ1n) is 5.56. The molecule has 2 heteroatoms. The van der Waals surface area contributed by atoms with Crippen LogP contribution in [0.5, 0.6) is 0 Å². The molecule has 1 heterocycles. The molecule has 0 unspecified atom stereocenters. The number of benzene rings is 1. The lowest BCUT2D eigenvalue weighted by Gasteiger charge is -2.14. The van der Waals surface area contributed by atoms with Crippen molar-refractivity contribution in [2.75, 3.05) is 0 Å². The van der Waals surface area contributed by atoms with E-state index in [4.69, 9.17) is 0 Å². The van der Waals surface area contributed by atoms with Gasteiger partial charge in [-0.1, -0.05) is 44.2 Å². The van der Waals surface area contributed by atoms with E-state index in [0.717, 1.165) is 12.1 Å². The summed E-state index contributed by atoms with van der Waals surface area (Å²) in [5, 5.41) is 0. The second-order valence-electron chi connectivity index (χ2n) is 4.43. The molecule has 0 saturated carbocycles. The number of allylic oxidation sites excluding steroid dienone is 2. The predicted octanol–water partition coefficient (Wildman–Crippen LogP) is 3.25. The van der Waals surface area contributed by atoms with E-state index in [-0.39, 0.29) is 5.78 Å². The summed E-state index contributed by atoms with van der Waals surface area (Å²) in [5.41, 5.74) is 2.33. The average Bonchev–Trinajstić information content (AvgIpc) is 2.23. The Hall–Kier alpha value is -1.70. The highest BCUT2D eigenvalue weighted by atomic mass is 16.1. The van der Waals surface area contributed by atoms with Gasteiger partial charge in [0.2, 0.25) is 5.78 Å². The second kappa shape index (κ2) is 4.44. The van der Waals surface area contributed by atoms with Crippen molar-refractivity contribution in [3.05, 3.63) is 47.7 Å². The minimum atomic E-state index is 0.0214. The summed E-state index contributed by atoms with van der Waals surface area (Å²) in [6.45, 7) is 4.29. The molecule has 0 saturated heterocycles. The smallest absolute Gasteiger partial charge is 0.211 e. The molecule has 82 valence electrons. The average molecular weight is 213 g/mol. The Labute approximate surface area is 95.7 Å². The molecule has 0 spiro atoms. The van der Waals surface area contributed by atoms with Crippen molar-refractivity contribution in [2.24, 2.45) is 10.9 Å². The van der Waals surface area contributed by atoms with Crippen LogP contribution in [0.15, 0.2) is 47.1 Å². The number of aliphatic imine (C=N–C) groups is 1. The molecule has 1 aromatic rings. The molecule has 16 heavy (non-hydrogen) atoms. The summed E-state index contributed by atoms with van der Waals surface area (Å²) in [7, 11) is 0. The first-order chi connectivity index (χ1) is 7.66. The number of rotatable bonds is 4. The molecule has 1 aliphatic heterocycles. The van der Waals surface area contributed by atoms with E-state index in [9.17, 15) is 4.79 Å². The predicted molar refractivity (Wildman–Crippen MR) is 65.7 cm³/mol. The monoisotopic (exact) mass is 213 g/mol. The van der Waals surface area contributed by atoms with E-state index < -0.39 is 0 Å². The van der Waals surface area contributed by atoms with Gasteiger partial charge in [-0.05, 0) is 18.4 Å². The van der Waals surface area contributed by atoms with Crippen LogP contribution in [0.1, 0.15) is 30.6 Å². The fourth-order valence-electron chi connectivity index (χ4n) is 1.69. The molecule has 0 fully saturated rings. The van der Waals surface area contributed by atoms with Crippen LogP contribution in [0.3, 0.4) is 0 Å². The summed E-state index contributed by atoms with van der Waals surface area (Å²) < 4.78 is 0. The van der Waals surface area contributed by atoms with Gasteiger partial charge < -0.3 is 0 Å². The molecule has 0 atom stereocenters. The van der Waals surface area contributed by atoms with Gasteiger partial charge in [0.1, 0.15) is 5.71 Å². The number of hydrogen-bond acceptors (Lipinski definition) is 2. The zero-order valence-electron chi connectivity index (χ0n) is 9.60. The Kier molecular flexibility index (Phi) is 3.00. The Bertz CT molecular complexity index is 455. The number of hydrogen-bond donors (Lipinski definition) is 0. The van der Waals surface area contributed by atoms with Gasteiger partial charge >= 0.3 is 0 Å². The summed E-state index contributed by atoms with van der Waals surface area (Å²) in [4.78, 5) is 16.1. The molecule has 0 aliphatic carbocycles. The Morgan fingerprint density at radius 1 is 1.25 bits per heavy atom. The van der Waals surface area contributed by atoms with Gasteiger partial charge in [-0.25, -0.2) is 4.99 Å². The summed E-state index contributed by atoms with van der Waals surface area (Å²) >= 11 is 0. The van der Waals surface area contributed by atoms with Crippen LogP contribution in [0.25, 0.3) is 0 Å². The van der Waals surface area contributed by atoms with E-state index in [1.807, 2.05) is 36.4 Å². The Morgan fingerprint density at radius 3 is 2.44 bits per heavy atom. The second-order valence-corrected chi connectivity index (χ2v) is 4.43. The fraction of sp³-hybridized carbons (Fsp3) is 0.286. The SMILES string of the molecule is CC(C)CC1=CC(C(=O)c2ccccc2)=N1. The van der Waals surface area contributed by atoms with E-state index in [1.165, 1.54) is 0 Å². The normalized spacial score (nSPS) is 14.2. The zero-order chi connectivity index (χ0) is 11.5. The summed E-state index contributed by atoms with van der Waals surface area (Å²) in [5.74, 6) is 0.608. The maximum Gasteiger partial charge on any atom is 0.211 e. The quantitative estimate of drug-likeness (QED) is 0.706. The third-order valence-corrected chi connectivity index (χ3v) is 2.45. The minimum absolute atomic E-state index is 0.0214. The highest BCUT2D eigenvalue weighted by Gasteiger charge is 2.19. The lowest BCUT2D eigenvalue weighted by atomic mass is 9.99. The van der Waals surface area contributed by atoms with Crippen LogP contribution in [-0.2, 0) is 0 Å².